The zero-order valence-electron chi connectivity index (χ0n) is 19.0. The summed E-state index contributed by atoms with van der Waals surface area (Å²) in [4.78, 5) is 38.2. The Morgan fingerprint density at radius 2 is 1.85 bits per heavy atom. The van der Waals surface area contributed by atoms with Gasteiger partial charge in [-0.25, -0.2) is 0 Å². The number of benzene rings is 2. The number of carbonyl (C=O) groups is 3. The molecule has 0 radical (unpaired) electrons. The lowest BCUT2D eigenvalue weighted by atomic mass is 9.96. The maximum atomic E-state index is 12.8. The number of hydrogen-bond donors (Lipinski definition) is 2. The molecule has 0 bridgehead atoms. The van der Waals surface area contributed by atoms with Crippen LogP contribution < -0.4 is 15.5 Å². The molecule has 0 unspecified atom stereocenters. The van der Waals surface area contributed by atoms with E-state index in [0.29, 0.717) is 30.6 Å². The molecule has 3 rings (SSSR count). The average molecular weight is 486 g/mol. The molecule has 0 saturated heterocycles. The van der Waals surface area contributed by atoms with Crippen molar-refractivity contribution < 1.29 is 27.0 Å². The van der Waals surface area contributed by atoms with E-state index in [-0.39, 0.29) is 25.0 Å². The minimum Gasteiger partial charge on any atom is -0.355 e. The molecule has 0 atom stereocenters. The molecule has 3 amide bonds. The van der Waals surface area contributed by atoms with Gasteiger partial charge in [0.2, 0.25) is 11.8 Å². The van der Waals surface area contributed by atoms with Crippen molar-refractivity contribution in [1.82, 2.24) is 10.6 Å². The first-order valence-electron chi connectivity index (χ1n) is 10.7. The van der Waals surface area contributed by atoms with Gasteiger partial charge in [0.1, 0.15) is 0 Å². The molecule has 2 aromatic carbocycles. The van der Waals surface area contributed by atoms with E-state index >= 15 is 0 Å². The van der Waals surface area contributed by atoms with Gasteiger partial charge in [-0.1, -0.05) is 24.3 Å². The number of amides is 3. The van der Waals surface area contributed by atoms with Crippen LogP contribution in [0.15, 0.2) is 48.5 Å². The SMILES string of the molecule is CNC(=O)c1ccc(/C=C/C(=O)NCC(=O)N2CCCc3c(COS(C)(=O)=O)cccc32)cc1. The zero-order valence-corrected chi connectivity index (χ0v) is 19.9. The second-order valence-electron chi connectivity index (χ2n) is 7.78. The van der Waals surface area contributed by atoms with E-state index in [1.165, 1.54) is 6.08 Å². The van der Waals surface area contributed by atoms with Crippen molar-refractivity contribution in [1.29, 1.82) is 0 Å². The summed E-state index contributed by atoms with van der Waals surface area (Å²) >= 11 is 0. The standard InChI is InChI=1S/C24H27N3O6S/c1-25-24(30)18-11-8-17(9-12-18)10-13-22(28)26-15-23(29)27-14-4-6-20-19(5-3-7-21(20)27)16-33-34(2,31)32/h3,5,7-13H,4,6,14-16H2,1-2H3,(H,25,30)(H,26,28)/b13-10+. The topological polar surface area (TPSA) is 122 Å². The first-order valence-corrected chi connectivity index (χ1v) is 12.5. The van der Waals surface area contributed by atoms with Crippen LogP contribution in [0.1, 0.15) is 33.5 Å². The predicted octanol–water partition coefficient (Wildman–Crippen LogP) is 1.63. The van der Waals surface area contributed by atoms with Crippen LogP contribution in [0, 0.1) is 0 Å². The average Bonchev–Trinajstić information content (AvgIpc) is 2.83. The highest BCUT2D eigenvalue weighted by atomic mass is 32.2. The smallest absolute Gasteiger partial charge is 0.264 e. The van der Waals surface area contributed by atoms with Crippen molar-refractivity contribution in [3.8, 4) is 0 Å². The van der Waals surface area contributed by atoms with Gasteiger partial charge in [0, 0.05) is 30.9 Å². The number of nitrogens with zero attached hydrogens (tertiary/aromatic N) is 1. The lowest BCUT2D eigenvalue weighted by molar-refractivity contribution is -0.122. The Labute approximate surface area is 198 Å². The predicted molar refractivity (Wildman–Crippen MR) is 129 cm³/mol. The van der Waals surface area contributed by atoms with E-state index in [4.69, 9.17) is 4.18 Å². The Balaban J connectivity index is 1.60. The van der Waals surface area contributed by atoms with Crippen LogP contribution in [0.3, 0.4) is 0 Å². The second-order valence-corrected chi connectivity index (χ2v) is 9.43. The summed E-state index contributed by atoms with van der Waals surface area (Å²) in [6.07, 6.45) is 5.34. The van der Waals surface area contributed by atoms with Crippen LogP contribution in [-0.4, -0.2) is 52.5 Å². The third-order valence-corrected chi connectivity index (χ3v) is 5.86. The molecule has 9 nitrogen and oxygen atoms in total. The Hall–Kier alpha value is -3.50. The molecule has 0 fully saturated rings. The fourth-order valence-electron chi connectivity index (χ4n) is 3.64. The summed E-state index contributed by atoms with van der Waals surface area (Å²) in [6, 6.07) is 12.1. The van der Waals surface area contributed by atoms with Crippen molar-refractivity contribution in [2.24, 2.45) is 0 Å². The molecule has 1 aliphatic rings. The van der Waals surface area contributed by atoms with Gasteiger partial charge in [0.25, 0.3) is 16.0 Å². The van der Waals surface area contributed by atoms with Crippen LogP contribution in [0.4, 0.5) is 5.69 Å². The summed E-state index contributed by atoms with van der Waals surface area (Å²) in [5.74, 6) is -0.879. The van der Waals surface area contributed by atoms with E-state index in [2.05, 4.69) is 10.6 Å². The fourth-order valence-corrected chi connectivity index (χ4v) is 3.98. The lowest BCUT2D eigenvalue weighted by Crippen LogP contribution is -2.42. The molecular weight excluding hydrogens is 458 g/mol. The van der Waals surface area contributed by atoms with Gasteiger partial charge >= 0.3 is 0 Å². The Bertz CT molecular complexity index is 1210. The normalized spacial score (nSPS) is 13.4. The third kappa shape index (κ3) is 6.75. The molecule has 2 N–H and O–H groups in total. The third-order valence-electron chi connectivity index (χ3n) is 5.32. The zero-order chi connectivity index (χ0) is 24.7. The minimum absolute atomic E-state index is 0.0876. The van der Waals surface area contributed by atoms with Crippen molar-refractivity contribution in [3.63, 3.8) is 0 Å². The lowest BCUT2D eigenvalue weighted by Gasteiger charge is -2.31. The first kappa shape index (κ1) is 25.1. The van der Waals surface area contributed by atoms with Crippen molar-refractivity contribution in [2.75, 3.05) is 31.3 Å². The number of anilines is 1. The van der Waals surface area contributed by atoms with Crippen LogP contribution >= 0.6 is 0 Å². The molecular formula is C24H27N3O6S. The van der Waals surface area contributed by atoms with E-state index in [0.717, 1.165) is 22.9 Å². The van der Waals surface area contributed by atoms with Gasteiger partial charge in [0.05, 0.1) is 19.4 Å². The fraction of sp³-hybridized carbons (Fsp3) is 0.292. The van der Waals surface area contributed by atoms with Crippen LogP contribution in [0.2, 0.25) is 0 Å². The maximum absolute atomic E-state index is 12.8. The highest BCUT2D eigenvalue weighted by molar-refractivity contribution is 7.85. The number of carbonyl (C=O) groups excluding carboxylic acids is 3. The molecule has 10 heteroatoms. The van der Waals surface area contributed by atoms with Gasteiger partial charge in [-0.2, -0.15) is 8.42 Å². The summed E-state index contributed by atoms with van der Waals surface area (Å²) in [5.41, 5.74) is 3.55. The Kier molecular flexibility index (Phi) is 8.19. The van der Waals surface area contributed by atoms with Gasteiger partial charge in [0.15, 0.2) is 0 Å². The number of hydrogen-bond acceptors (Lipinski definition) is 6. The van der Waals surface area contributed by atoms with Crippen molar-refractivity contribution in [3.05, 3.63) is 70.8 Å². The van der Waals surface area contributed by atoms with E-state index in [1.807, 2.05) is 0 Å². The van der Waals surface area contributed by atoms with E-state index < -0.39 is 16.0 Å². The number of fused-ring (bicyclic) bond motifs is 1. The van der Waals surface area contributed by atoms with Crippen LogP contribution in [-0.2, 0) is 36.9 Å². The number of nitrogens with one attached hydrogen (secondary N) is 2. The minimum atomic E-state index is -3.58. The van der Waals surface area contributed by atoms with Crippen LogP contribution in [0.5, 0.6) is 0 Å². The second kappa shape index (κ2) is 11.1. The number of rotatable bonds is 8. The monoisotopic (exact) mass is 485 g/mol. The van der Waals surface area contributed by atoms with E-state index in [9.17, 15) is 22.8 Å². The molecule has 34 heavy (non-hydrogen) atoms. The molecule has 1 aliphatic heterocycles. The molecule has 0 saturated carbocycles. The van der Waals surface area contributed by atoms with Crippen molar-refractivity contribution in [2.45, 2.75) is 19.4 Å². The quantitative estimate of drug-likeness (QED) is 0.433. The summed E-state index contributed by atoms with van der Waals surface area (Å²) < 4.78 is 27.6. The van der Waals surface area contributed by atoms with Gasteiger partial charge in [-0.3, -0.25) is 18.6 Å². The highest BCUT2D eigenvalue weighted by Crippen LogP contribution is 2.30. The van der Waals surface area contributed by atoms with Gasteiger partial charge in [-0.05, 0) is 53.8 Å². The van der Waals surface area contributed by atoms with Crippen LogP contribution in [0.25, 0.3) is 6.08 Å². The summed E-state index contributed by atoms with van der Waals surface area (Å²) in [7, 11) is -2.03. The van der Waals surface area contributed by atoms with Gasteiger partial charge in [-0.15, -0.1) is 0 Å². The maximum Gasteiger partial charge on any atom is 0.264 e. The molecule has 1 heterocycles. The van der Waals surface area contributed by atoms with Crippen molar-refractivity contribution >= 4 is 39.6 Å². The Morgan fingerprint density at radius 1 is 1.12 bits per heavy atom. The molecule has 180 valence electrons. The van der Waals surface area contributed by atoms with E-state index in [1.54, 1.807) is 60.5 Å². The molecule has 2 aromatic rings. The summed E-state index contributed by atoms with van der Waals surface area (Å²) in [6.45, 7) is 0.240. The molecule has 0 spiro atoms. The van der Waals surface area contributed by atoms with Gasteiger partial charge < -0.3 is 15.5 Å². The largest absolute Gasteiger partial charge is 0.355 e. The Morgan fingerprint density at radius 3 is 2.53 bits per heavy atom. The highest BCUT2D eigenvalue weighted by Gasteiger charge is 2.24. The molecule has 0 aliphatic carbocycles. The first-order chi connectivity index (χ1) is 16.2. The molecule has 0 aromatic heterocycles. The summed E-state index contributed by atoms with van der Waals surface area (Å²) in [5, 5.41) is 5.13.